The minimum Gasteiger partial charge on any atom is -0.497 e. The minimum absolute atomic E-state index is 0.125. The summed E-state index contributed by atoms with van der Waals surface area (Å²) in [6, 6.07) is 4.36. The predicted octanol–water partition coefficient (Wildman–Crippen LogP) is 3.10. The van der Waals surface area contributed by atoms with Gasteiger partial charge in [-0.05, 0) is 30.4 Å². The van der Waals surface area contributed by atoms with Crippen molar-refractivity contribution in [2.24, 2.45) is 5.41 Å². The zero-order chi connectivity index (χ0) is 14.0. The fourth-order valence-electron chi connectivity index (χ4n) is 2.28. The molecule has 0 radical (unpaired) electrons. The van der Waals surface area contributed by atoms with E-state index in [2.05, 4.69) is 13.8 Å². The molecule has 19 heavy (non-hydrogen) atoms. The van der Waals surface area contributed by atoms with Crippen LogP contribution in [0.2, 0.25) is 0 Å². The first-order chi connectivity index (χ1) is 8.93. The third-order valence-electron chi connectivity index (χ3n) is 3.81. The first kappa shape index (κ1) is 13.8. The molecule has 0 aromatic heterocycles. The van der Waals surface area contributed by atoms with Gasteiger partial charge in [-0.25, -0.2) is 4.39 Å². The van der Waals surface area contributed by atoms with Gasteiger partial charge in [-0.15, -0.1) is 0 Å². The summed E-state index contributed by atoms with van der Waals surface area (Å²) in [7, 11) is 1.48. The van der Waals surface area contributed by atoms with E-state index in [1.807, 2.05) is 0 Å². The molecule has 1 aromatic carbocycles. The highest BCUT2D eigenvalue weighted by Crippen LogP contribution is 2.30. The van der Waals surface area contributed by atoms with Crippen molar-refractivity contribution in [1.29, 1.82) is 0 Å². The molecule has 1 amide bonds. The van der Waals surface area contributed by atoms with Crippen molar-refractivity contribution in [3.8, 4) is 5.75 Å². The van der Waals surface area contributed by atoms with Crippen LogP contribution in [0.1, 0.15) is 37.0 Å². The van der Waals surface area contributed by atoms with Crippen LogP contribution in [0.15, 0.2) is 18.2 Å². The van der Waals surface area contributed by atoms with Gasteiger partial charge >= 0.3 is 0 Å². The number of rotatable bonds is 2. The summed E-state index contributed by atoms with van der Waals surface area (Å²) < 4.78 is 18.8. The molecule has 0 spiro atoms. The van der Waals surface area contributed by atoms with Crippen LogP contribution in [-0.4, -0.2) is 31.0 Å². The predicted molar refractivity (Wildman–Crippen MR) is 71.9 cm³/mol. The topological polar surface area (TPSA) is 29.5 Å². The lowest BCUT2D eigenvalue weighted by molar-refractivity contribution is 0.0625. The lowest BCUT2D eigenvalue weighted by Gasteiger charge is -2.37. The maximum atomic E-state index is 13.9. The molecule has 0 saturated carbocycles. The molecule has 3 nitrogen and oxygen atoms in total. The number of benzene rings is 1. The number of ether oxygens (including phenoxy) is 1. The SMILES string of the molecule is COc1ccc(C(=O)N2CCC(C)(C)CC2)c(F)c1. The Kier molecular flexibility index (Phi) is 3.78. The first-order valence-corrected chi connectivity index (χ1v) is 6.56. The van der Waals surface area contributed by atoms with Crippen molar-refractivity contribution in [1.82, 2.24) is 4.90 Å². The van der Waals surface area contributed by atoms with Crippen LogP contribution in [-0.2, 0) is 0 Å². The van der Waals surface area contributed by atoms with Crippen LogP contribution in [0.4, 0.5) is 4.39 Å². The molecule has 1 aliphatic rings. The fraction of sp³-hybridized carbons (Fsp3) is 0.533. The summed E-state index contributed by atoms with van der Waals surface area (Å²) in [5, 5.41) is 0. The van der Waals surface area contributed by atoms with Crippen molar-refractivity contribution in [2.75, 3.05) is 20.2 Å². The molecule has 4 heteroatoms. The standard InChI is InChI=1S/C15H20FNO2/c1-15(2)6-8-17(9-7-15)14(18)12-5-4-11(19-3)10-13(12)16/h4-5,10H,6-9H2,1-3H3. The minimum atomic E-state index is -0.519. The van der Waals surface area contributed by atoms with Gasteiger partial charge in [0.05, 0.1) is 12.7 Å². The highest BCUT2D eigenvalue weighted by molar-refractivity contribution is 5.94. The third-order valence-corrected chi connectivity index (χ3v) is 3.81. The number of halogens is 1. The molecule has 104 valence electrons. The Labute approximate surface area is 113 Å². The molecule has 2 rings (SSSR count). The van der Waals surface area contributed by atoms with Crippen LogP contribution in [0.5, 0.6) is 5.75 Å². The number of carbonyl (C=O) groups is 1. The van der Waals surface area contributed by atoms with Crippen LogP contribution in [0.3, 0.4) is 0 Å². The van der Waals surface area contributed by atoms with E-state index >= 15 is 0 Å². The summed E-state index contributed by atoms with van der Waals surface area (Å²) in [6.07, 6.45) is 1.91. The number of carbonyl (C=O) groups excluding carboxylic acids is 1. The van der Waals surface area contributed by atoms with Gasteiger partial charge < -0.3 is 9.64 Å². The molecule has 1 aliphatic heterocycles. The largest absolute Gasteiger partial charge is 0.497 e. The van der Waals surface area contributed by atoms with E-state index in [-0.39, 0.29) is 16.9 Å². The Balaban J connectivity index is 2.12. The number of methoxy groups -OCH3 is 1. The average molecular weight is 265 g/mol. The summed E-state index contributed by atoms with van der Waals surface area (Å²) in [4.78, 5) is 14.0. The molecule has 1 saturated heterocycles. The van der Waals surface area contributed by atoms with E-state index in [0.29, 0.717) is 18.8 Å². The Morgan fingerprint density at radius 2 is 1.95 bits per heavy atom. The van der Waals surface area contributed by atoms with Crippen LogP contribution < -0.4 is 4.74 Å². The second kappa shape index (κ2) is 5.19. The van der Waals surface area contributed by atoms with Gasteiger partial charge in [0.1, 0.15) is 11.6 Å². The summed E-state index contributed by atoms with van der Waals surface area (Å²) in [6.45, 7) is 5.78. The fourth-order valence-corrected chi connectivity index (χ4v) is 2.28. The summed E-state index contributed by atoms with van der Waals surface area (Å²) in [5.74, 6) is -0.321. The number of amides is 1. The van der Waals surface area contributed by atoms with Crippen LogP contribution >= 0.6 is 0 Å². The normalized spacial score (nSPS) is 18.2. The molecule has 0 aliphatic carbocycles. The number of piperidine rings is 1. The molecule has 1 fully saturated rings. The van der Waals surface area contributed by atoms with Gasteiger partial charge in [0.15, 0.2) is 0 Å². The number of nitrogens with zero attached hydrogens (tertiary/aromatic N) is 1. The third kappa shape index (κ3) is 3.06. The summed E-state index contributed by atoms with van der Waals surface area (Å²) in [5.41, 5.74) is 0.399. The van der Waals surface area contributed by atoms with Crippen molar-refractivity contribution < 1.29 is 13.9 Å². The zero-order valence-corrected chi connectivity index (χ0v) is 11.7. The highest BCUT2D eigenvalue weighted by atomic mass is 19.1. The van der Waals surface area contributed by atoms with Crippen LogP contribution in [0, 0.1) is 11.2 Å². The van der Waals surface area contributed by atoms with Gasteiger partial charge in [0.25, 0.3) is 5.91 Å². The molecule has 0 atom stereocenters. The van der Waals surface area contributed by atoms with E-state index in [4.69, 9.17) is 4.74 Å². The monoisotopic (exact) mass is 265 g/mol. The molecular formula is C15H20FNO2. The molecule has 0 bridgehead atoms. The Hall–Kier alpha value is -1.58. The van der Waals surface area contributed by atoms with E-state index in [1.54, 1.807) is 11.0 Å². The smallest absolute Gasteiger partial charge is 0.256 e. The Morgan fingerprint density at radius 3 is 2.47 bits per heavy atom. The lowest BCUT2D eigenvalue weighted by Crippen LogP contribution is -2.41. The molecule has 1 aromatic rings. The molecular weight excluding hydrogens is 245 g/mol. The second-order valence-corrected chi connectivity index (χ2v) is 5.80. The summed E-state index contributed by atoms with van der Waals surface area (Å²) >= 11 is 0. The van der Waals surface area contributed by atoms with Crippen molar-refractivity contribution in [3.63, 3.8) is 0 Å². The van der Waals surface area contributed by atoms with E-state index in [0.717, 1.165) is 12.8 Å². The Bertz CT molecular complexity index is 475. The number of hydrogen-bond acceptors (Lipinski definition) is 2. The van der Waals surface area contributed by atoms with Crippen LogP contribution in [0.25, 0.3) is 0 Å². The van der Waals surface area contributed by atoms with Gasteiger partial charge in [-0.2, -0.15) is 0 Å². The number of hydrogen-bond donors (Lipinski definition) is 0. The van der Waals surface area contributed by atoms with E-state index in [1.165, 1.54) is 19.2 Å². The molecule has 1 heterocycles. The maximum Gasteiger partial charge on any atom is 0.256 e. The maximum absolute atomic E-state index is 13.9. The van der Waals surface area contributed by atoms with Crippen molar-refractivity contribution in [2.45, 2.75) is 26.7 Å². The van der Waals surface area contributed by atoms with Gasteiger partial charge in [-0.1, -0.05) is 13.8 Å². The van der Waals surface area contributed by atoms with Gasteiger partial charge in [0, 0.05) is 19.2 Å². The van der Waals surface area contributed by atoms with Gasteiger partial charge in [0.2, 0.25) is 0 Å². The van der Waals surface area contributed by atoms with Crippen molar-refractivity contribution >= 4 is 5.91 Å². The van der Waals surface area contributed by atoms with Gasteiger partial charge in [-0.3, -0.25) is 4.79 Å². The first-order valence-electron chi connectivity index (χ1n) is 6.56. The second-order valence-electron chi connectivity index (χ2n) is 5.80. The highest BCUT2D eigenvalue weighted by Gasteiger charge is 2.29. The average Bonchev–Trinajstić information content (AvgIpc) is 2.37. The van der Waals surface area contributed by atoms with Crippen molar-refractivity contribution in [3.05, 3.63) is 29.6 Å². The Morgan fingerprint density at radius 1 is 1.32 bits per heavy atom. The molecule has 0 N–H and O–H groups in total. The van der Waals surface area contributed by atoms with E-state index in [9.17, 15) is 9.18 Å². The zero-order valence-electron chi connectivity index (χ0n) is 11.7. The molecule has 0 unspecified atom stereocenters. The number of likely N-dealkylation sites (tertiary alicyclic amines) is 1. The quantitative estimate of drug-likeness (QED) is 0.822. The lowest BCUT2D eigenvalue weighted by atomic mass is 9.82. The van der Waals surface area contributed by atoms with E-state index < -0.39 is 5.82 Å².